The molecule has 0 bridgehead atoms. The summed E-state index contributed by atoms with van der Waals surface area (Å²) in [5, 5.41) is 17.0. The maximum Gasteiger partial charge on any atom is 0.407 e. The lowest BCUT2D eigenvalue weighted by molar-refractivity contribution is 0.0505. The van der Waals surface area contributed by atoms with E-state index in [1.807, 2.05) is 20.8 Å². The highest BCUT2D eigenvalue weighted by Gasteiger charge is 2.29. The van der Waals surface area contributed by atoms with Crippen molar-refractivity contribution in [2.24, 2.45) is 0 Å². The third-order valence-corrected chi connectivity index (χ3v) is 6.49. The molecule has 0 saturated heterocycles. The van der Waals surface area contributed by atoms with Gasteiger partial charge < -0.3 is 20.5 Å². The molecule has 0 radical (unpaired) electrons. The quantitative estimate of drug-likeness (QED) is 0.279. The van der Waals surface area contributed by atoms with E-state index in [0.29, 0.717) is 17.4 Å². The summed E-state index contributed by atoms with van der Waals surface area (Å²) >= 11 is 10.4. The second-order valence-corrected chi connectivity index (χ2v) is 10.0. The van der Waals surface area contributed by atoms with Gasteiger partial charge in [0.05, 0.1) is 9.86 Å². The number of aromatic hydroxyl groups is 1. The summed E-state index contributed by atoms with van der Waals surface area (Å²) in [6, 6.07) is -0.101. The average molecular weight is 522 g/mol. The minimum absolute atomic E-state index is 0.0212. The van der Waals surface area contributed by atoms with E-state index in [0.717, 1.165) is 12.8 Å². The van der Waals surface area contributed by atoms with Gasteiger partial charge in [-0.25, -0.2) is 19.2 Å². The number of hydrogen-bond acceptors (Lipinski definition) is 7. The van der Waals surface area contributed by atoms with Crippen molar-refractivity contribution in [3.05, 3.63) is 15.3 Å². The van der Waals surface area contributed by atoms with E-state index >= 15 is 0 Å². The highest BCUT2D eigenvalue weighted by atomic mass is 79.9. The van der Waals surface area contributed by atoms with Crippen LogP contribution in [0.25, 0.3) is 10.9 Å². The average Bonchev–Trinajstić information content (AvgIpc) is 3.08. The van der Waals surface area contributed by atoms with E-state index in [1.165, 1.54) is 11.8 Å². The number of nitrogens with one attached hydrogen (secondary N) is 2. The Labute approximate surface area is 191 Å². The van der Waals surface area contributed by atoms with Gasteiger partial charge in [0.2, 0.25) is 0 Å². The van der Waals surface area contributed by atoms with Crippen LogP contribution in [-0.4, -0.2) is 45.1 Å². The number of halogens is 3. The largest absolute Gasteiger partial charge is 0.505 e. The summed E-state index contributed by atoms with van der Waals surface area (Å²) in [6.07, 6.45) is 3.47. The van der Waals surface area contributed by atoms with Gasteiger partial charge in [0.15, 0.2) is 11.0 Å². The first kappa shape index (κ1) is 23.1. The molecule has 1 amide bonds. The summed E-state index contributed by atoms with van der Waals surface area (Å²) in [6.45, 7) is 5.43. The van der Waals surface area contributed by atoms with Crippen LogP contribution in [0.3, 0.4) is 0 Å². The first-order valence-electron chi connectivity index (χ1n) is 9.37. The van der Waals surface area contributed by atoms with Crippen LogP contribution in [0.2, 0.25) is 5.02 Å². The first-order valence-corrected chi connectivity index (χ1v) is 11.8. The lowest BCUT2D eigenvalue weighted by Crippen LogP contribution is -2.38. The van der Waals surface area contributed by atoms with Crippen LogP contribution in [0.4, 0.5) is 15.0 Å². The van der Waals surface area contributed by atoms with Gasteiger partial charge in [0.1, 0.15) is 27.7 Å². The van der Waals surface area contributed by atoms with Crippen LogP contribution in [0.1, 0.15) is 40.0 Å². The van der Waals surface area contributed by atoms with Crippen LogP contribution >= 0.6 is 39.3 Å². The molecule has 1 heterocycles. The Kier molecular flexibility index (Phi) is 6.88. The molecule has 1 aromatic carbocycles. The second kappa shape index (κ2) is 8.92. The minimum atomic E-state index is -0.663. The maximum absolute atomic E-state index is 14.8. The number of thioether (sulfide) groups is 1. The SMILES string of the molecule is CSc1nc(NC2CCC(NC(=O)OC(C)(C)C)C2)c2c(O)c(Cl)c(Br)c(F)c2n1. The van der Waals surface area contributed by atoms with Crippen molar-refractivity contribution >= 4 is 62.1 Å². The Morgan fingerprint density at radius 2 is 2.00 bits per heavy atom. The number of alkyl carbamates (subject to hydrolysis) is 1. The van der Waals surface area contributed by atoms with Crippen LogP contribution < -0.4 is 10.6 Å². The molecule has 2 unspecified atom stereocenters. The molecule has 0 aliphatic heterocycles. The Bertz CT molecular complexity index is 989. The van der Waals surface area contributed by atoms with Gasteiger partial charge >= 0.3 is 6.09 Å². The number of carbonyl (C=O) groups is 1. The second-order valence-electron chi connectivity index (χ2n) is 8.07. The van der Waals surface area contributed by atoms with Gasteiger partial charge in [-0.2, -0.15) is 0 Å². The number of rotatable bonds is 4. The van der Waals surface area contributed by atoms with Crippen molar-refractivity contribution in [1.29, 1.82) is 0 Å². The van der Waals surface area contributed by atoms with E-state index in [9.17, 15) is 14.3 Å². The Morgan fingerprint density at radius 3 is 2.63 bits per heavy atom. The molecule has 0 spiro atoms. The highest BCUT2D eigenvalue weighted by Crippen LogP contribution is 2.43. The topological polar surface area (TPSA) is 96.4 Å². The van der Waals surface area contributed by atoms with Gasteiger partial charge in [-0.05, 0) is 62.2 Å². The van der Waals surface area contributed by atoms with Gasteiger partial charge in [0, 0.05) is 12.1 Å². The van der Waals surface area contributed by atoms with Crippen LogP contribution in [0.15, 0.2) is 9.63 Å². The van der Waals surface area contributed by atoms with Crippen LogP contribution in [0.5, 0.6) is 5.75 Å². The summed E-state index contributed by atoms with van der Waals surface area (Å²) in [4.78, 5) is 20.6. The molecule has 1 fully saturated rings. The molecular weight excluding hydrogens is 499 g/mol. The van der Waals surface area contributed by atoms with Crippen LogP contribution in [0, 0.1) is 5.82 Å². The Morgan fingerprint density at radius 1 is 1.33 bits per heavy atom. The molecule has 30 heavy (non-hydrogen) atoms. The number of hydrogen-bond donors (Lipinski definition) is 3. The third kappa shape index (κ3) is 5.03. The summed E-state index contributed by atoms with van der Waals surface area (Å²) in [5.41, 5.74) is -0.587. The number of amides is 1. The fourth-order valence-corrected chi connectivity index (χ4v) is 4.26. The van der Waals surface area contributed by atoms with Crippen molar-refractivity contribution in [2.45, 2.75) is 62.9 Å². The summed E-state index contributed by atoms with van der Waals surface area (Å²) in [7, 11) is 0. The van der Waals surface area contributed by atoms with Crippen molar-refractivity contribution in [1.82, 2.24) is 15.3 Å². The fraction of sp³-hybridized carbons (Fsp3) is 0.526. The Hall–Kier alpha value is -1.52. The number of fused-ring (bicyclic) bond motifs is 1. The zero-order chi connectivity index (χ0) is 22.2. The number of aromatic nitrogens is 2. The lowest BCUT2D eigenvalue weighted by atomic mass is 10.1. The van der Waals surface area contributed by atoms with Crippen molar-refractivity contribution in [3.8, 4) is 5.75 Å². The molecule has 2 aromatic rings. The fourth-order valence-electron chi connectivity index (χ4n) is 3.34. The van der Waals surface area contributed by atoms with Crippen molar-refractivity contribution in [3.63, 3.8) is 0 Å². The van der Waals surface area contributed by atoms with Crippen molar-refractivity contribution < 1.29 is 19.0 Å². The number of nitrogens with zero attached hydrogens (tertiary/aromatic N) is 2. The summed E-state index contributed by atoms with van der Waals surface area (Å²) < 4.78 is 20.0. The van der Waals surface area contributed by atoms with E-state index in [-0.39, 0.29) is 38.2 Å². The number of anilines is 1. The predicted octanol–water partition coefficient (Wildman–Crippen LogP) is 5.47. The molecule has 1 aromatic heterocycles. The molecule has 1 aliphatic carbocycles. The van der Waals surface area contributed by atoms with Gasteiger partial charge in [-0.15, -0.1) is 0 Å². The zero-order valence-corrected chi connectivity index (χ0v) is 20.1. The van der Waals surface area contributed by atoms with Crippen molar-refractivity contribution in [2.75, 3.05) is 11.6 Å². The lowest BCUT2D eigenvalue weighted by Gasteiger charge is -2.22. The number of benzene rings is 1. The molecule has 3 N–H and O–H groups in total. The molecular formula is C19H23BrClFN4O3S. The Balaban J connectivity index is 1.83. The van der Waals surface area contributed by atoms with E-state index in [4.69, 9.17) is 16.3 Å². The molecule has 164 valence electrons. The molecule has 1 saturated carbocycles. The molecule has 2 atom stereocenters. The first-order chi connectivity index (χ1) is 14.0. The molecule has 3 rings (SSSR count). The van der Waals surface area contributed by atoms with Crippen LogP contribution in [-0.2, 0) is 4.74 Å². The summed E-state index contributed by atoms with van der Waals surface area (Å²) in [5.74, 6) is -0.654. The van der Waals surface area contributed by atoms with E-state index < -0.39 is 17.5 Å². The number of phenols is 1. The molecule has 7 nitrogen and oxygen atoms in total. The van der Waals surface area contributed by atoms with Gasteiger partial charge in [-0.1, -0.05) is 23.4 Å². The minimum Gasteiger partial charge on any atom is -0.505 e. The monoisotopic (exact) mass is 520 g/mol. The normalized spacial score (nSPS) is 19.2. The standard InChI is InChI=1S/C19H23BrClFN4O3S/c1-19(2,3)29-18(28)24-9-6-5-8(7-9)23-16-10-14(25-17(26-16)30-4)13(22)11(20)12(21)15(10)27/h8-9,27H,5-7H2,1-4H3,(H,24,28)(H,23,25,26). The number of ether oxygens (including phenoxy) is 1. The van der Waals surface area contributed by atoms with E-state index in [1.54, 1.807) is 6.26 Å². The highest BCUT2D eigenvalue weighted by molar-refractivity contribution is 9.10. The predicted molar refractivity (Wildman–Crippen MR) is 120 cm³/mol. The molecule has 11 heteroatoms. The van der Waals surface area contributed by atoms with Gasteiger partial charge in [-0.3, -0.25) is 0 Å². The van der Waals surface area contributed by atoms with Gasteiger partial charge in [0.25, 0.3) is 0 Å². The number of phenolic OH excluding ortho intramolecular Hbond substituents is 1. The number of carbonyl (C=O) groups excluding carboxylic acids is 1. The van der Waals surface area contributed by atoms with E-state index in [2.05, 4.69) is 36.5 Å². The molecule has 1 aliphatic rings. The smallest absolute Gasteiger partial charge is 0.407 e. The third-order valence-electron chi connectivity index (χ3n) is 4.60. The zero-order valence-electron chi connectivity index (χ0n) is 17.0. The maximum atomic E-state index is 14.8.